The molecule has 0 saturated carbocycles. The summed E-state index contributed by atoms with van der Waals surface area (Å²) >= 11 is 1.75. The van der Waals surface area contributed by atoms with Crippen molar-refractivity contribution in [2.75, 3.05) is 33.0 Å². The van der Waals surface area contributed by atoms with Crippen molar-refractivity contribution in [1.29, 1.82) is 0 Å². The zero-order valence-corrected chi connectivity index (χ0v) is 16.3. The zero-order valence-electron chi connectivity index (χ0n) is 15.5. The maximum Gasteiger partial charge on any atom is 0.0798 e. The Morgan fingerprint density at radius 2 is 2.23 bits per heavy atom. The van der Waals surface area contributed by atoms with Gasteiger partial charge in [0.2, 0.25) is 0 Å². The SMILES string of the molecule is Cc1ncsc1CN1Cc2ccnn2[C@H](CCOCC2CCOCC2)C1. The number of hydrogen-bond donors (Lipinski definition) is 0. The van der Waals surface area contributed by atoms with E-state index < -0.39 is 0 Å². The van der Waals surface area contributed by atoms with Crippen LogP contribution in [0.4, 0.5) is 0 Å². The van der Waals surface area contributed by atoms with E-state index >= 15 is 0 Å². The third kappa shape index (κ3) is 4.34. The molecule has 1 saturated heterocycles. The first-order valence-corrected chi connectivity index (χ1v) is 10.5. The molecule has 0 N–H and O–H groups in total. The normalized spacial score (nSPS) is 21.8. The second kappa shape index (κ2) is 8.61. The highest BCUT2D eigenvalue weighted by Gasteiger charge is 2.26. The van der Waals surface area contributed by atoms with Crippen LogP contribution in [0.3, 0.4) is 0 Å². The molecule has 4 rings (SSSR count). The van der Waals surface area contributed by atoms with Crippen LogP contribution in [-0.2, 0) is 22.6 Å². The van der Waals surface area contributed by atoms with Crippen LogP contribution in [0, 0.1) is 12.8 Å². The fourth-order valence-corrected chi connectivity index (χ4v) is 4.68. The highest BCUT2D eigenvalue weighted by atomic mass is 32.1. The van der Waals surface area contributed by atoms with Crippen molar-refractivity contribution >= 4 is 11.3 Å². The lowest BCUT2D eigenvalue weighted by Crippen LogP contribution is -2.37. The van der Waals surface area contributed by atoms with Gasteiger partial charge in [-0.3, -0.25) is 9.58 Å². The van der Waals surface area contributed by atoms with E-state index in [4.69, 9.17) is 9.47 Å². The lowest BCUT2D eigenvalue weighted by Gasteiger charge is -2.34. The van der Waals surface area contributed by atoms with E-state index in [1.165, 1.54) is 10.6 Å². The summed E-state index contributed by atoms with van der Waals surface area (Å²) < 4.78 is 13.6. The zero-order chi connectivity index (χ0) is 17.8. The number of nitrogens with zero attached hydrogens (tertiary/aromatic N) is 4. The van der Waals surface area contributed by atoms with Crippen LogP contribution in [0.25, 0.3) is 0 Å². The Bertz CT molecular complexity index is 695. The van der Waals surface area contributed by atoms with Crippen molar-refractivity contribution in [2.45, 2.75) is 45.3 Å². The Kier molecular flexibility index (Phi) is 5.99. The van der Waals surface area contributed by atoms with Crippen LogP contribution in [0.2, 0.25) is 0 Å². The molecule has 0 aliphatic carbocycles. The molecule has 0 spiro atoms. The summed E-state index contributed by atoms with van der Waals surface area (Å²) in [5.74, 6) is 0.668. The van der Waals surface area contributed by atoms with Gasteiger partial charge >= 0.3 is 0 Å². The summed E-state index contributed by atoms with van der Waals surface area (Å²) in [5.41, 5.74) is 4.40. The highest BCUT2D eigenvalue weighted by Crippen LogP contribution is 2.26. The first-order chi connectivity index (χ1) is 12.8. The van der Waals surface area contributed by atoms with E-state index in [1.807, 2.05) is 11.7 Å². The van der Waals surface area contributed by atoms with Gasteiger partial charge in [0.25, 0.3) is 0 Å². The van der Waals surface area contributed by atoms with Gasteiger partial charge in [0, 0.05) is 57.1 Å². The van der Waals surface area contributed by atoms with E-state index in [0.717, 1.165) is 71.0 Å². The number of hydrogen-bond acceptors (Lipinski definition) is 6. The second-order valence-electron chi connectivity index (χ2n) is 7.37. The summed E-state index contributed by atoms with van der Waals surface area (Å²) in [5, 5.41) is 4.56. The monoisotopic (exact) mass is 376 g/mol. The fraction of sp³-hybridized carbons (Fsp3) is 0.684. The lowest BCUT2D eigenvalue weighted by molar-refractivity contribution is 0.0155. The minimum Gasteiger partial charge on any atom is -0.381 e. The Morgan fingerprint density at radius 1 is 1.35 bits per heavy atom. The molecule has 6 nitrogen and oxygen atoms in total. The van der Waals surface area contributed by atoms with E-state index in [-0.39, 0.29) is 0 Å². The van der Waals surface area contributed by atoms with Crippen LogP contribution in [0.1, 0.15) is 41.6 Å². The maximum absolute atomic E-state index is 6.00. The largest absolute Gasteiger partial charge is 0.381 e. The van der Waals surface area contributed by atoms with Crippen molar-refractivity contribution in [2.24, 2.45) is 5.92 Å². The van der Waals surface area contributed by atoms with Gasteiger partial charge in [0.05, 0.1) is 22.9 Å². The molecule has 4 heterocycles. The molecular weight excluding hydrogens is 348 g/mol. The Labute approximate surface area is 159 Å². The lowest BCUT2D eigenvalue weighted by atomic mass is 10.0. The van der Waals surface area contributed by atoms with Gasteiger partial charge in [-0.05, 0) is 38.2 Å². The molecule has 2 aromatic rings. The van der Waals surface area contributed by atoms with Crippen LogP contribution < -0.4 is 0 Å². The Balaban J connectivity index is 1.30. The summed E-state index contributed by atoms with van der Waals surface area (Å²) in [6.45, 7) is 8.49. The van der Waals surface area contributed by atoms with Crippen LogP contribution >= 0.6 is 11.3 Å². The van der Waals surface area contributed by atoms with E-state index in [9.17, 15) is 0 Å². The molecule has 0 unspecified atom stereocenters. The topological polar surface area (TPSA) is 52.4 Å². The molecule has 1 atom stereocenters. The van der Waals surface area contributed by atoms with Gasteiger partial charge in [-0.1, -0.05) is 0 Å². The van der Waals surface area contributed by atoms with Crippen molar-refractivity contribution in [3.8, 4) is 0 Å². The minimum absolute atomic E-state index is 0.386. The smallest absolute Gasteiger partial charge is 0.0798 e. The molecule has 2 aromatic heterocycles. The first-order valence-electron chi connectivity index (χ1n) is 9.59. The van der Waals surface area contributed by atoms with Gasteiger partial charge in [0.1, 0.15) is 0 Å². The van der Waals surface area contributed by atoms with Crippen molar-refractivity contribution < 1.29 is 9.47 Å². The number of ether oxygens (including phenoxy) is 2. The molecular formula is C19H28N4O2S. The summed E-state index contributed by atoms with van der Waals surface area (Å²) in [4.78, 5) is 8.27. The fourth-order valence-electron chi connectivity index (χ4n) is 3.86. The van der Waals surface area contributed by atoms with Gasteiger partial charge in [0.15, 0.2) is 0 Å². The summed E-state index contributed by atoms with van der Waals surface area (Å²) in [6, 6.07) is 2.53. The van der Waals surface area contributed by atoms with Crippen molar-refractivity contribution in [3.63, 3.8) is 0 Å². The van der Waals surface area contributed by atoms with E-state index in [2.05, 4.69) is 32.7 Å². The summed E-state index contributed by atoms with van der Waals surface area (Å²) in [6.07, 6.45) is 5.20. The van der Waals surface area contributed by atoms with Crippen LogP contribution in [-0.4, -0.2) is 52.6 Å². The second-order valence-corrected chi connectivity index (χ2v) is 8.31. The van der Waals surface area contributed by atoms with E-state index in [0.29, 0.717) is 12.0 Å². The molecule has 0 radical (unpaired) electrons. The third-order valence-electron chi connectivity index (χ3n) is 5.45. The quantitative estimate of drug-likeness (QED) is 0.695. The number of thiazole rings is 1. The van der Waals surface area contributed by atoms with Crippen LogP contribution in [0.5, 0.6) is 0 Å². The molecule has 0 bridgehead atoms. The van der Waals surface area contributed by atoms with Gasteiger partial charge < -0.3 is 9.47 Å². The van der Waals surface area contributed by atoms with Crippen LogP contribution in [0.15, 0.2) is 17.8 Å². The van der Waals surface area contributed by atoms with Crippen molar-refractivity contribution in [1.82, 2.24) is 19.7 Å². The number of aromatic nitrogens is 3. The van der Waals surface area contributed by atoms with Crippen molar-refractivity contribution in [3.05, 3.63) is 34.0 Å². The Morgan fingerprint density at radius 3 is 3.04 bits per heavy atom. The van der Waals surface area contributed by atoms with Gasteiger partial charge in [-0.25, -0.2) is 4.98 Å². The first kappa shape index (κ1) is 18.1. The molecule has 0 amide bonds. The minimum atomic E-state index is 0.386. The van der Waals surface area contributed by atoms with Gasteiger partial charge in [-0.15, -0.1) is 11.3 Å². The number of rotatable bonds is 7. The standard InChI is InChI=1S/C19H28N4O2S/c1-15-19(26-14-20-15)12-22-10-17-2-6-21-23(17)18(11-22)5-9-25-13-16-3-7-24-8-4-16/h2,6,14,16,18H,3-5,7-13H2,1H3/t18-/m1/s1. The number of fused-ring (bicyclic) bond motifs is 1. The Hall–Kier alpha value is -1.28. The average molecular weight is 377 g/mol. The molecule has 142 valence electrons. The molecule has 0 aromatic carbocycles. The maximum atomic E-state index is 6.00. The number of aryl methyl sites for hydroxylation is 1. The average Bonchev–Trinajstić information content (AvgIpc) is 3.29. The molecule has 2 aliphatic heterocycles. The third-order valence-corrected chi connectivity index (χ3v) is 6.37. The molecule has 7 heteroatoms. The van der Waals surface area contributed by atoms with Gasteiger partial charge in [-0.2, -0.15) is 5.10 Å². The van der Waals surface area contributed by atoms with E-state index in [1.54, 1.807) is 11.3 Å². The predicted octanol–water partition coefficient (Wildman–Crippen LogP) is 3.04. The summed E-state index contributed by atoms with van der Waals surface area (Å²) in [7, 11) is 0. The molecule has 2 aliphatic rings. The predicted molar refractivity (Wildman–Crippen MR) is 101 cm³/mol. The molecule has 1 fully saturated rings. The highest BCUT2D eigenvalue weighted by molar-refractivity contribution is 7.09. The molecule has 26 heavy (non-hydrogen) atoms.